The molecule has 2 fully saturated rings. The topological polar surface area (TPSA) is 104 Å². The number of rotatable bonds is 16. The molecule has 258 valence electrons. The number of hydrogen-bond acceptors (Lipinski definition) is 4. The van der Waals surface area contributed by atoms with Crippen LogP contribution in [-0.2, 0) is 21.8 Å². The van der Waals surface area contributed by atoms with Crippen LogP contribution >= 0.6 is 7.82 Å². The molecule has 0 heterocycles. The first-order valence-corrected chi connectivity index (χ1v) is 19.4. The Morgan fingerprint density at radius 3 is 2.27 bits per heavy atom. The Hall–Kier alpha value is -1.07. The number of aliphatic hydroxyl groups is 1. The first kappa shape index (κ1) is 36.8. The third-order valence-electron chi connectivity index (χ3n) is 10.8. The first-order chi connectivity index (χ1) is 21.0. The summed E-state index contributed by atoms with van der Waals surface area (Å²) in [5.41, 5.74) is 2.27. The van der Waals surface area contributed by atoms with Gasteiger partial charge in [-0.25, -0.2) is 4.57 Å². The van der Waals surface area contributed by atoms with Crippen LogP contribution in [0.4, 0.5) is 22.0 Å². The Labute approximate surface area is 265 Å². The molecule has 45 heavy (non-hydrogen) atoms. The molecule has 0 amide bonds. The number of alkyl halides is 5. The Morgan fingerprint density at radius 2 is 1.60 bits per heavy atom. The van der Waals surface area contributed by atoms with Gasteiger partial charge in [-0.1, -0.05) is 51.5 Å². The molecule has 3 aliphatic carbocycles. The quantitative estimate of drug-likeness (QED) is 0.0916. The largest absolute Gasteiger partial charge is 0.524 e. The van der Waals surface area contributed by atoms with Crippen molar-refractivity contribution in [3.63, 3.8) is 0 Å². The second-order valence-corrected chi connectivity index (χ2v) is 16.6. The maximum atomic E-state index is 13.0. The molecule has 3 N–H and O–H groups in total. The van der Waals surface area contributed by atoms with Crippen LogP contribution in [0.25, 0.3) is 0 Å². The molecular weight excluding hydrogens is 638 g/mol. The predicted molar refractivity (Wildman–Crippen MR) is 164 cm³/mol. The van der Waals surface area contributed by atoms with E-state index in [4.69, 9.17) is 4.52 Å². The lowest BCUT2D eigenvalue weighted by atomic mass is 9.52. The number of fused-ring (bicyclic) bond motifs is 5. The molecule has 6 nitrogen and oxygen atoms in total. The first-order valence-electron chi connectivity index (χ1n) is 16.4. The number of phosphoric ester groups is 1. The molecular formula is C32H48F5O6PS. The Kier molecular flexibility index (Phi) is 12.3. The Morgan fingerprint density at radius 1 is 0.956 bits per heavy atom. The van der Waals surface area contributed by atoms with Crippen LogP contribution in [0.5, 0.6) is 5.75 Å². The van der Waals surface area contributed by atoms with Crippen LogP contribution in [0.2, 0.25) is 0 Å². The standard InChI is InChI=1S/C32H48F5O6PS/c1-30-17-15-26-25-12-11-24(43-44(39,40)41)21-23(25)20-22(29(26)27(30)13-14-28(30)38)10-7-5-3-2-4-6-8-18-45(42)19-9-16-31(33,34)32(35,36)37/h11-12,21-22,26-29,38H,2-10,13-20H2,1H3,(H2,39,40,41)/t22-,26?,27+,28+,29-,30+,45?/m1/s1. The van der Waals surface area contributed by atoms with Gasteiger partial charge in [-0.2, -0.15) is 22.0 Å². The van der Waals surface area contributed by atoms with E-state index < -0.39 is 43.6 Å². The fourth-order valence-corrected chi connectivity index (χ4v) is 10.1. The van der Waals surface area contributed by atoms with Crippen molar-refractivity contribution in [3.05, 3.63) is 29.3 Å². The highest BCUT2D eigenvalue weighted by Crippen LogP contribution is 2.63. The van der Waals surface area contributed by atoms with Gasteiger partial charge in [0.25, 0.3) is 0 Å². The van der Waals surface area contributed by atoms with E-state index in [2.05, 4.69) is 6.92 Å². The summed E-state index contributed by atoms with van der Waals surface area (Å²) in [6, 6.07) is 5.42. The number of unbranched alkanes of at least 4 members (excludes halogenated alkanes) is 6. The minimum absolute atomic E-state index is 0.0712. The van der Waals surface area contributed by atoms with E-state index in [1.165, 1.54) is 5.56 Å². The Bertz CT molecular complexity index is 1210. The molecule has 0 bridgehead atoms. The number of benzene rings is 1. The van der Waals surface area contributed by atoms with Crippen LogP contribution in [0.3, 0.4) is 0 Å². The summed E-state index contributed by atoms with van der Waals surface area (Å²) in [6.45, 7) is 2.25. The van der Waals surface area contributed by atoms with Gasteiger partial charge in [0.15, 0.2) is 0 Å². The van der Waals surface area contributed by atoms with Crippen molar-refractivity contribution in [1.29, 1.82) is 0 Å². The highest BCUT2D eigenvalue weighted by Gasteiger charge is 2.57. The van der Waals surface area contributed by atoms with E-state index in [-0.39, 0.29) is 23.0 Å². The maximum Gasteiger partial charge on any atom is 0.524 e. The summed E-state index contributed by atoms with van der Waals surface area (Å²) in [4.78, 5) is 18.6. The van der Waals surface area contributed by atoms with Gasteiger partial charge in [-0.15, -0.1) is 0 Å². The van der Waals surface area contributed by atoms with Gasteiger partial charge in [0.1, 0.15) is 5.75 Å². The smallest absolute Gasteiger partial charge is 0.404 e. The normalized spacial score (nSPS) is 29.1. The second kappa shape index (κ2) is 15.0. The van der Waals surface area contributed by atoms with Gasteiger partial charge in [-0.3, -0.25) is 14.0 Å². The predicted octanol–water partition coefficient (Wildman–Crippen LogP) is 8.45. The SMILES string of the molecule is C[C@]12CCC3c4ccc(OP(=O)(O)O)cc4C[C@@H](CCCCCCCCCS(=O)CCCC(F)(F)C(F)(F)F)[C@H]3[C@@H]1CC[C@@H]2O. The summed E-state index contributed by atoms with van der Waals surface area (Å²) < 4.78 is 91.0. The summed E-state index contributed by atoms with van der Waals surface area (Å²) in [5.74, 6) is -2.70. The third kappa shape index (κ3) is 9.30. The van der Waals surface area contributed by atoms with Gasteiger partial charge < -0.3 is 9.63 Å². The average Bonchev–Trinajstić information content (AvgIpc) is 3.24. The van der Waals surface area contributed by atoms with Crippen LogP contribution in [-0.4, -0.2) is 48.8 Å². The van der Waals surface area contributed by atoms with Crippen molar-refractivity contribution in [2.75, 3.05) is 11.5 Å². The van der Waals surface area contributed by atoms with Crippen molar-refractivity contribution in [1.82, 2.24) is 0 Å². The Balaban J connectivity index is 1.21. The molecule has 13 heteroatoms. The zero-order valence-corrected chi connectivity index (χ0v) is 27.7. The average molecular weight is 687 g/mol. The van der Waals surface area contributed by atoms with Crippen molar-refractivity contribution < 1.29 is 50.1 Å². The van der Waals surface area contributed by atoms with Crippen LogP contribution < -0.4 is 4.52 Å². The monoisotopic (exact) mass is 686 g/mol. The summed E-state index contributed by atoms with van der Waals surface area (Å²) >= 11 is 0. The molecule has 0 saturated heterocycles. The van der Waals surface area contributed by atoms with Crippen LogP contribution in [0.1, 0.15) is 114 Å². The molecule has 7 atom stereocenters. The summed E-state index contributed by atoms with van der Waals surface area (Å²) in [6.07, 6.45) is 4.72. The number of hydrogen-bond donors (Lipinski definition) is 3. The van der Waals surface area contributed by atoms with E-state index in [1.54, 1.807) is 12.1 Å². The van der Waals surface area contributed by atoms with Gasteiger partial charge in [0, 0.05) is 28.7 Å². The minimum atomic E-state index is -5.56. The highest BCUT2D eigenvalue weighted by atomic mass is 32.2. The molecule has 0 spiro atoms. The van der Waals surface area contributed by atoms with Gasteiger partial charge >= 0.3 is 19.9 Å². The molecule has 4 rings (SSSR count). The second-order valence-electron chi connectivity index (χ2n) is 13.8. The van der Waals surface area contributed by atoms with Crippen LogP contribution in [0, 0.1) is 23.2 Å². The molecule has 0 radical (unpaired) electrons. The molecule has 2 saturated carbocycles. The van der Waals surface area contributed by atoms with Crippen molar-refractivity contribution in [2.45, 2.75) is 127 Å². The summed E-state index contributed by atoms with van der Waals surface area (Å²) in [7, 11) is -6.05. The van der Waals surface area contributed by atoms with Crippen molar-refractivity contribution in [2.24, 2.45) is 23.2 Å². The van der Waals surface area contributed by atoms with E-state index in [0.29, 0.717) is 35.8 Å². The molecule has 1 aromatic carbocycles. The lowest BCUT2D eigenvalue weighted by molar-refractivity contribution is -0.284. The zero-order valence-electron chi connectivity index (χ0n) is 26.0. The lowest BCUT2D eigenvalue weighted by Gasteiger charge is -2.53. The molecule has 3 aliphatic rings. The number of phosphoric acid groups is 1. The van der Waals surface area contributed by atoms with Gasteiger partial charge in [-0.05, 0) is 104 Å². The van der Waals surface area contributed by atoms with E-state index in [9.17, 15) is 45.6 Å². The number of halogens is 5. The highest BCUT2D eigenvalue weighted by molar-refractivity contribution is 7.84. The third-order valence-corrected chi connectivity index (χ3v) is 12.7. The molecule has 0 aromatic heterocycles. The summed E-state index contributed by atoms with van der Waals surface area (Å²) in [5, 5.41) is 10.9. The van der Waals surface area contributed by atoms with E-state index in [0.717, 1.165) is 82.6 Å². The fraction of sp³-hybridized carbons (Fsp3) is 0.812. The van der Waals surface area contributed by atoms with Crippen molar-refractivity contribution in [3.8, 4) is 5.75 Å². The maximum absolute atomic E-state index is 13.0. The lowest BCUT2D eigenvalue weighted by Crippen LogP contribution is -2.47. The molecule has 2 unspecified atom stereocenters. The molecule has 1 aromatic rings. The van der Waals surface area contributed by atoms with E-state index in [1.807, 2.05) is 6.07 Å². The van der Waals surface area contributed by atoms with Crippen LogP contribution in [0.15, 0.2) is 18.2 Å². The number of aliphatic hydroxyl groups excluding tert-OH is 1. The zero-order chi connectivity index (χ0) is 33.0. The van der Waals surface area contributed by atoms with E-state index >= 15 is 0 Å². The fourth-order valence-electron chi connectivity index (χ4n) is 8.47. The minimum Gasteiger partial charge on any atom is -0.404 e. The van der Waals surface area contributed by atoms with Crippen molar-refractivity contribution >= 4 is 18.6 Å². The van der Waals surface area contributed by atoms with Gasteiger partial charge in [0.2, 0.25) is 0 Å². The molecule has 0 aliphatic heterocycles. The van der Waals surface area contributed by atoms with Gasteiger partial charge in [0.05, 0.1) is 6.10 Å².